The second-order valence-electron chi connectivity index (χ2n) is 10.4. The van der Waals surface area contributed by atoms with Gasteiger partial charge in [-0.3, -0.25) is 9.47 Å². The van der Waals surface area contributed by atoms with Gasteiger partial charge in [0.25, 0.3) is 0 Å². The van der Waals surface area contributed by atoms with E-state index in [0.29, 0.717) is 17.4 Å². The van der Waals surface area contributed by atoms with Crippen LogP contribution in [0.25, 0.3) is 5.69 Å². The largest absolute Gasteiger partial charge is 0.444 e. The molecule has 2 aromatic heterocycles. The van der Waals surface area contributed by atoms with E-state index in [4.69, 9.17) is 16.3 Å². The first kappa shape index (κ1) is 24.5. The van der Waals surface area contributed by atoms with E-state index in [1.54, 1.807) is 11.0 Å². The van der Waals surface area contributed by atoms with Crippen LogP contribution in [0.3, 0.4) is 0 Å². The molecule has 1 saturated heterocycles. The molecular weight excluding hydrogens is 483 g/mol. The Bertz CT molecular complexity index is 1260. The lowest BCUT2D eigenvalue weighted by Crippen LogP contribution is -2.38. The molecule has 1 unspecified atom stereocenters. The predicted octanol–water partition coefficient (Wildman–Crippen LogP) is 5.65. The molecule has 8 nitrogen and oxygen atoms in total. The van der Waals surface area contributed by atoms with Crippen LogP contribution in [0, 0.1) is 5.82 Å². The van der Waals surface area contributed by atoms with Crippen molar-refractivity contribution in [3.63, 3.8) is 0 Å². The summed E-state index contributed by atoms with van der Waals surface area (Å²) in [5.41, 5.74) is 1.22. The van der Waals surface area contributed by atoms with Crippen LogP contribution in [0.4, 0.5) is 15.0 Å². The molecule has 36 heavy (non-hydrogen) atoms. The van der Waals surface area contributed by atoms with E-state index in [2.05, 4.69) is 24.6 Å². The molecule has 0 saturated carbocycles. The summed E-state index contributed by atoms with van der Waals surface area (Å²) in [5, 5.41) is 9.80. The highest BCUT2D eigenvalue weighted by atomic mass is 35.5. The van der Waals surface area contributed by atoms with E-state index < -0.39 is 11.7 Å². The highest BCUT2D eigenvalue weighted by Gasteiger charge is 2.36. The maximum atomic E-state index is 13.3. The highest BCUT2D eigenvalue weighted by molar-refractivity contribution is 6.30. The summed E-state index contributed by atoms with van der Waals surface area (Å²) in [6.07, 6.45) is 2.55. The van der Waals surface area contributed by atoms with Crippen molar-refractivity contribution >= 4 is 23.5 Å². The maximum absolute atomic E-state index is 13.3. The van der Waals surface area contributed by atoms with Crippen LogP contribution in [-0.2, 0) is 11.3 Å². The van der Waals surface area contributed by atoms with E-state index >= 15 is 0 Å². The number of rotatable bonds is 2. The Balaban J connectivity index is 1.47. The van der Waals surface area contributed by atoms with Crippen molar-refractivity contribution in [2.45, 2.75) is 64.6 Å². The second kappa shape index (κ2) is 9.35. The molecule has 1 amide bonds. The number of halogens is 2. The summed E-state index contributed by atoms with van der Waals surface area (Å²) in [4.78, 5) is 21.2. The normalized spacial score (nSPS) is 18.4. The van der Waals surface area contributed by atoms with Gasteiger partial charge >= 0.3 is 6.09 Å². The lowest BCUT2D eigenvalue weighted by Gasteiger charge is -2.32. The Morgan fingerprint density at radius 3 is 2.50 bits per heavy atom. The molecule has 0 bridgehead atoms. The number of ether oxygens (including phenoxy) is 1. The Hall–Kier alpha value is -3.20. The zero-order valence-corrected chi connectivity index (χ0v) is 21.7. The third-order valence-corrected chi connectivity index (χ3v) is 6.94. The molecule has 5 rings (SSSR count). The lowest BCUT2D eigenvalue weighted by atomic mass is 9.95. The average molecular weight is 513 g/mol. The number of anilines is 1. The minimum atomic E-state index is -0.619. The van der Waals surface area contributed by atoms with Gasteiger partial charge in [-0.1, -0.05) is 11.6 Å². The van der Waals surface area contributed by atoms with Gasteiger partial charge in [0.05, 0.1) is 24.5 Å². The molecule has 1 fully saturated rings. The van der Waals surface area contributed by atoms with E-state index in [1.165, 1.54) is 12.3 Å². The number of hydrogen-bond acceptors (Lipinski definition) is 6. The number of carbonyl (C=O) groups is 1. The lowest BCUT2D eigenvalue weighted by molar-refractivity contribution is 0.0149. The summed E-state index contributed by atoms with van der Waals surface area (Å²) in [6, 6.07) is 8.51. The van der Waals surface area contributed by atoms with Crippen molar-refractivity contribution in [3.05, 3.63) is 64.6 Å². The monoisotopic (exact) mass is 512 g/mol. The molecule has 190 valence electrons. The van der Waals surface area contributed by atoms with Crippen LogP contribution >= 0.6 is 11.6 Å². The number of benzene rings is 1. The molecule has 1 atom stereocenters. The maximum Gasteiger partial charge on any atom is 0.411 e. The van der Waals surface area contributed by atoms with Gasteiger partial charge in [0, 0.05) is 24.0 Å². The number of pyridine rings is 1. The molecule has 10 heteroatoms. The van der Waals surface area contributed by atoms with Crippen LogP contribution in [0.15, 0.2) is 36.5 Å². The predicted molar refractivity (Wildman–Crippen MR) is 135 cm³/mol. The average Bonchev–Trinajstić information content (AvgIpc) is 3.22. The fraction of sp³-hybridized carbons (Fsp3) is 0.462. The topological polar surface area (TPSA) is 76.4 Å². The number of hydrogen-bond donors (Lipinski definition) is 0. The summed E-state index contributed by atoms with van der Waals surface area (Å²) < 4.78 is 21.1. The molecule has 2 aliphatic rings. The fourth-order valence-electron chi connectivity index (χ4n) is 4.91. The van der Waals surface area contributed by atoms with Crippen LogP contribution in [0.2, 0.25) is 5.02 Å². The zero-order chi connectivity index (χ0) is 25.6. The van der Waals surface area contributed by atoms with Crippen molar-refractivity contribution in [1.82, 2.24) is 24.6 Å². The third kappa shape index (κ3) is 4.76. The van der Waals surface area contributed by atoms with Gasteiger partial charge in [-0.2, -0.15) is 0 Å². The molecule has 3 aromatic rings. The van der Waals surface area contributed by atoms with Crippen molar-refractivity contribution in [2.24, 2.45) is 0 Å². The number of aromatic nitrogens is 4. The van der Waals surface area contributed by atoms with Gasteiger partial charge in [-0.15, -0.1) is 10.2 Å². The van der Waals surface area contributed by atoms with E-state index in [-0.39, 0.29) is 17.8 Å². The molecule has 2 aliphatic heterocycles. The van der Waals surface area contributed by atoms with Gasteiger partial charge in [0.2, 0.25) is 0 Å². The van der Waals surface area contributed by atoms with Crippen LogP contribution in [0.5, 0.6) is 0 Å². The Labute approximate surface area is 215 Å². The number of fused-ring (bicyclic) bond motifs is 3. The quantitative estimate of drug-likeness (QED) is 0.441. The van der Waals surface area contributed by atoms with Gasteiger partial charge in [-0.05, 0) is 76.4 Å². The summed E-state index contributed by atoms with van der Waals surface area (Å²) in [7, 11) is 0. The standard InChI is InChI=1S/C26H30ClFN6O2/c1-16-23-30-31-24(17-9-11-32(12-10-17)22-8-6-20(28)14-29-22)34(23)21-7-5-19(27)13-18(21)15-33(16)25(35)36-26(2,3)4/h5-8,13-14,16-17H,9-12,15H2,1-4H3. The smallest absolute Gasteiger partial charge is 0.411 e. The molecule has 0 spiro atoms. The van der Waals surface area contributed by atoms with Crippen molar-refractivity contribution in [3.8, 4) is 5.69 Å². The molecule has 1 aromatic carbocycles. The third-order valence-electron chi connectivity index (χ3n) is 6.70. The zero-order valence-electron chi connectivity index (χ0n) is 20.9. The van der Waals surface area contributed by atoms with Gasteiger partial charge in [0.1, 0.15) is 23.1 Å². The number of carbonyl (C=O) groups excluding carboxylic acids is 1. The molecular formula is C26H30ClFN6O2. The Morgan fingerprint density at radius 2 is 1.83 bits per heavy atom. The highest BCUT2D eigenvalue weighted by Crippen LogP contribution is 2.37. The molecule has 4 heterocycles. The van der Waals surface area contributed by atoms with Gasteiger partial charge in [-0.25, -0.2) is 14.2 Å². The number of amides is 1. The molecule has 0 N–H and O–H groups in total. The van der Waals surface area contributed by atoms with Crippen LogP contribution in [0.1, 0.15) is 69.7 Å². The van der Waals surface area contributed by atoms with E-state index in [1.807, 2.05) is 45.9 Å². The number of nitrogens with zero attached hydrogens (tertiary/aromatic N) is 6. The van der Waals surface area contributed by atoms with E-state index in [0.717, 1.165) is 48.8 Å². The second-order valence-corrected chi connectivity index (χ2v) is 10.8. The van der Waals surface area contributed by atoms with Crippen molar-refractivity contribution in [1.29, 1.82) is 0 Å². The summed E-state index contributed by atoms with van der Waals surface area (Å²) in [5.74, 6) is 2.18. The summed E-state index contributed by atoms with van der Waals surface area (Å²) >= 11 is 6.36. The first-order valence-electron chi connectivity index (χ1n) is 12.2. The van der Waals surface area contributed by atoms with Crippen LogP contribution < -0.4 is 4.90 Å². The number of piperidine rings is 1. The van der Waals surface area contributed by atoms with Gasteiger partial charge < -0.3 is 9.64 Å². The minimum Gasteiger partial charge on any atom is -0.444 e. The Morgan fingerprint density at radius 1 is 1.11 bits per heavy atom. The molecule has 0 radical (unpaired) electrons. The molecule has 0 aliphatic carbocycles. The SMILES string of the molecule is CC1c2nnc(C3CCN(c4ccc(F)cn4)CC3)n2-c2ccc(Cl)cc2CN1C(=O)OC(C)(C)C. The van der Waals surface area contributed by atoms with Crippen molar-refractivity contribution < 1.29 is 13.9 Å². The van der Waals surface area contributed by atoms with E-state index in [9.17, 15) is 9.18 Å². The first-order chi connectivity index (χ1) is 17.1. The fourth-order valence-corrected chi connectivity index (χ4v) is 5.11. The van der Waals surface area contributed by atoms with Crippen molar-refractivity contribution in [2.75, 3.05) is 18.0 Å². The van der Waals surface area contributed by atoms with Crippen LogP contribution in [-0.4, -0.2) is 49.4 Å². The first-order valence-corrected chi connectivity index (χ1v) is 12.6. The summed E-state index contributed by atoms with van der Waals surface area (Å²) in [6.45, 7) is 9.41. The Kier molecular flexibility index (Phi) is 6.36. The minimum absolute atomic E-state index is 0.173. The van der Waals surface area contributed by atoms with Gasteiger partial charge in [0.15, 0.2) is 5.82 Å².